The Balaban J connectivity index is 1.63. The predicted octanol–water partition coefficient (Wildman–Crippen LogP) is 4.44. The molecule has 0 fully saturated rings. The number of methoxy groups -OCH3 is 2. The highest BCUT2D eigenvalue weighted by molar-refractivity contribution is 6.21. The van der Waals surface area contributed by atoms with Gasteiger partial charge in [-0.3, -0.25) is 14.5 Å². The molecule has 2 heterocycles. The normalized spacial score (nSPS) is 13.6. The van der Waals surface area contributed by atoms with E-state index in [1.165, 1.54) is 12.0 Å². The average molecular weight is 455 g/mol. The van der Waals surface area contributed by atoms with Gasteiger partial charge in [-0.2, -0.15) is 5.26 Å². The van der Waals surface area contributed by atoms with Gasteiger partial charge in [0.1, 0.15) is 11.5 Å². The maximum Gasteiger partial charge on any atom is 0.261 e. The van der Waals surface area contributed by atoms with Crippen molar-refractivity contribution in [1.82, 2.24) is 4.90 Å². The summed E-state index contributed by atoms with van der Waals surface area (Å²) in [7, 11) is 4.96. The van der Waals surface area contributed by atoms with Crippen LogP contribution < -0.4 is 19.1 Å². The lowest BCUT2D eigenvalue weighted by Gasteiger charge is -2.33. The summed E-state index contributed by atoms with van der Waals surface area (Å²) in [6.45, 7) is -0.0284. The van der Waals surface area contributed by atoms with Crippen molar-refractivity contribution in [2.75, 3.05) is 26.2 Å². The molecule has 0 aromatic heterocycles. The third kappa shape index (κ3) is 3.05. The van der Waals surface area contributed by atoms with E-state index in [-0.39, 0.29) is 24.8 Å². The number of hydrogen-bond donors (Lipinski definition) is 0. The Bertz CT molecular complexity index is 1360. The smallest absolute Gasteiger partial charge is 0.261 e. The van der Waals surface area contributed by atoms with E-state index in [4.69, 9.17) is 14.2 Å². The fourth-order valence-corrected chi connectivity index (χ4v) is 4.50. The summed E-state index contributed by atoms with van der Waals surface area (Å²) in [6.07, 6.45) is 0.0905. The summed E-state index contributed by atoms with van der Waals surface area (Å²) in [4.78, 5) is 29.2. The Morgan fingerprint density at radius 3 is 1.91 bits per heavy atom. The first-order valence-corrected chi connectivity index (χ1v) is 10.6. The van der Waals surface area contributed by atoms with E-state index in [0.717, 1.165) is 11.4 Å². The van der Waals surface area contributed by atoms with Crippen molar-refractivity contribution >= 4 is 23.2 Å². The van der Waals surface area contributed by atoms with Crippen LogP contribution in [0.25, 0.3) is 0 Å². The molecule has 0 spiro atoms. The van der Waals surface area contributed by atoms with Crippen LogP contribution in [0.15, 0.2) is 48.5 Å². The number of amides is 2. The van der Waals surface area contributed by atoms with Crippen LogP contribution in [0.2, 0.25) is 0 Å². The van der Waals surface area contributed by atoms with E-state index < -0.39 is 0 Å². The molecule has 0 saturated heterocycles. The lowest BCUT2D eigenvalue weighted by Crippen LogP contribution is -2.30. The number of carbonyl (C=O) groups is 2. The van der Waals surface area contributed by atoms with E-state index in [9.17, 15) is 14.9 Å². The minimum absolute atomic E-state index is 0.0284. The van der Waals surface area contributed by atoms with Gasteiger partial charge in [0, 0.05) is 7.05 Å². The Morgan fingerprint density at radius 1 is 0.853 bits per heavy atom. The van der Waals surface area contributed by atoms with Gasteiger partial charge in [0.15, 0.2) is 11.5 Å². The molecule has 2 amide bonds. The molecule has 2 aliphatic rings. The molecular formula is C26H21N3O5. The number of hydrogen-bond acceptors (Lipinski definition) is 7. The Morgan fingerprint density at radius 2 is 1.38 bits per heavy atom. The minimum atomic E-state index is -0.364. The number of carbonyl (C=O) groups excluding carboxylic acids is 2. The van der Waals surface area contributed by atoms with Gasteiger partial charge in [-0.25, -0.2) is 0 Å². The van der Waals surface area contributed by atoms with Gasteiger partial charge in [-0.05, 0) is 36.4 Å². The Kier molecular flexibility index (Phi) is 5.10. The SMILES string of the molecule is COc1ccc2c(c1CC#N)Oc1c(ccc(OC)c1CN1C(=O)c3ccccc3C1=O)N2C. The van der Waals surface area contributed by atoms with E-state index in [1.54, 1.807) is 43.5 Å². The van der Waals surface area contributed by atoms with Crippen LogP contribution in [-0.4, -0.2) is 38.0 Å². The van der Waals surface area contributed by atoms with E-state index >= 15 is 0 Å². The van der Waals surface area contributed by atoms with Crippen molar-refractivity contribution in [3.05, 3.63) is 70.8 Å². The van der Waals surface area contributed by atoms with Gasteiger partial charge in [0.2, 0.25) is 0 Å². The molecule has 170 valence electrons. The van der Waals surface area contributed by atoms with Crippen LogP contribution >= 0.6 is 0 Å². The largest absolute Gasteiger partial charge is 0.496 e. The number of anilines is 2. The standard InChI is InChI=1S/C26H21N3O5/c1-28-19-8-10-21(32-2)17(12-13-27)23(19)34-24-18(22(33-3)11-9-20(24)28)14-29-25(30)15-6-4-5-7-16(15)26(29)31/h4-11H,12,14H2,1-3H3. The number of benzene rings is 3. The molecular weight excluding hydrogens is 434 g/mol. The summed E-state index contributed by atoms with van der Waals surface area (Å²) in [5.41, 5.74) is 3.44. The molecule has 34 heavy (non-hydrogen) atoms. The summed E-state index contributed by atoms with van der Waals surface area (Å²) >= 11 is 0. The van der Waals surface area contributed by atoms with Gasteiger partial charge >= 0.3 is 0 Å². The van der Waals surface area contributed by atoms with Crippen LogP contribution in [0.5, 0.6) is 23.0 Å². The topological polar surface area (TPSA) is 92.1 Å². The van der Waals surface area contributed by atoms with Crippen molar-refractivity contribution in [2.24, 2.45) is 0 Å². The number of imide groups is 1. The first kappa shape index (κ1) is 21.3. The van der Waals surface area contributed by atoms with Gasteiger partial charge in [0.05, 0.1) is 66.9 Å². The lowest BCUT2D eigenvalue weighted by atomic mass is 10.0. The van der Waals surface area contributed by atoms with E-state index in [1.807, 2.05) is 24.1 Å². The molecule has 0 bridgehead atoms. The fourth-order valence-electron chi connectivity index (χ4n) is 4.50. The Labute approximate surface area is 196 Å². The number of rotatable bonds is 5. The highest BCUT2D eigenvalue weighted by Crippen LogP contribution is 2.52. The quantitative estimate of drug-likeness (QED) is 0.525. The number of nitrogens with zero attached hydrogens (tertiary/aromatic N) is 3. The molecule has 2 aliphatic heterocycles. The maximum absolute atomic E-state index is 13.0. The van der Waals surface area contributed by atoms with Gasteiger partial charge < -0.3 is 19.1 Å². The van der Waals surface area contributed by atoms with Crippen LogP contribution in [0.1, 0.15) is 31.8 Å². The van der Waals surface area contributed by atoms with Gasteiger partial charge in [-0.15, -0.1) is 0 Å². The van der Waals surface area contributed by atoms with E-state index in [0.29, 0.717) is 45.3 Å². The van der Waals surface area contributed by atoms with Crippen molar-refractivity contribution < 1.29 is 23.8 Å². The highest BCUT2D eigenvalue weighted by atomic mass is 16.5. The molecule has 0 unspecified atom stereocenters. The number of ether oxygens (including phenoxy) is 3. The monoisotopic (exact) mass is 455 g/mol. The first-order chi connectivity index (χ1) is 16.5. The van der Waals surface area contributed by atoms with E-state index in [2.05, 4.69) is 6.07 Å². The second-order valence-electron chi connectivity index (χ2n) is 7.93. The molecule has 0 N–H and O–H groups in total. The molecule has 8 nitrogen and oxygen atoms in total. The van der Waals surface area contributed by atoms with Crippen molar-refractivity contribution in [3.8, 4) is 29.1 Å². The van der Waals surface area contributed by atoms with Crippen molar-refractivity contribution in [1.29, 1.82) is 5.26 Å². The molecule has 8 heteroatoms. The van der Waals surface area contributed by atoms with Crippen LogP contribution in [0.3, 0.4) is 0 Å². The second kappa shape index (κ2) is 8.12. The zero-order valence-corrected chi connectivity index (χ0v) is 18.9. The highest BCUT2D eigenvalue weighted by Gasteiger charge is 2.38. The fraction of sp³-hybridized carbons (Fsp3) is 0.192. The third-order valence-electron chi connectivity index (χ3n) is 6.21. The summed E-state index contributed by atoms with van der Waals surface area (Å²) in [5.74, 6) is 1.25. The maximum atomic E-state index is 13.0. The first-order valence-electron chi connectivity index (χ1n) is 10.6. The summed E-state index contributed by atoms with van der Waals surface area (Å²) < 4.78 is 17.5. The zero-order chi connectivity index (χ0) is 24.0. The minimum Gasteiger partial charge on any atom is -0.496 e. The average Bonchev–Trinajstić information content (AvgIpc) is 3.10. The third-order valence-corrected chi connectivity index (χ3v) is 6.21. The molecule has 0 saturated carbocycles. The number of fused-ring (bicyclic) bond motifs is 3. The second-order valence-corrected chi connectivity index (χ2v) is 7.93. The predicted molar refractivity (Wildman–Crippen MR) is 124 cm³/mol. The van der Waals surface area contributed by atoms with Crippen LogP contribution in [-0.2, 0) is 13.0 Å². The molecule has 0 radical (unpaired) electrons. The molecule has 3 aromatic rings. The van der Waals surface area contributed by atoms with Gasteiger partial charge in [-0.1, -0.05) is 12.1 Å². The Hall–Kier alpha value is -4.51. The molecule has 5 rings (SSSR count). The van der Waals surface area contributed by atoms with Crippen molar-refractivity contribution in [3.63, 3.8) is 0 Å². The molecule has 0 aliphatic carbocycles. The van der Waals surface area contributed by atoms with Crippen molar-refractivity contribution in [2.45, 2.75) is 13.0 Å². The molecule has 3 aromatic carbocycles. The lowest BCUT2D eigenvalue weighted by molar-refractivity contribution is 0.0640. The van der Waals surface area contributed by atoms with Crippen LogP contribution in [0.4, 0.5) is 11.4 Å². The summed E-state index contributed by atoms with van der Waals surface area (Å²) in [5, 5.41) is 9.40. The zero-order valence-electron chi connectivity index (χ0n) is 18.9. The number of nitriles is 1. The van der Waals surface area contributed by atoms with Crippen LogP contribution in [0, 0.1) is 11.3 Å². The molecule has 0 atom stereocenters. The van der Waals surface area contributed by atoms with Gasteiger partial charge in [0.25, 0.3) is 11.8 Å². The summed E-state index contributed by atoms with van der Waals surface area (Å²) in [6, 6.07) is 16.2.